The number of carbonyl (C=O) groups is 1. The van der Waals surface area contributed by atoms with Crippen molar-refractivity contribution in [2.24, 2.45) is 0 Å². The third-order valence-electron chi connectivity index (χ3n) is 3.84. The second-order valence-corrected chi connectivity index (χ2v) is 5.32. The van der Waals surface area contributed by atoms with Crippen LogP contribution in [0.15, 0.2) is 18.2 Å². The van der Waals surface area contributed by atoms with Gasteiger partial charge in [-0.1, -0.05) is 11.8 Å². The van der Waals surface area contributed by atoms with Gasteiger partial charge in [-0.3, -0.25) is 4.79 Å². The molecule has 2 fully saturated rings. The standard InChI is InChI=1S/C16H16FNO3/c17-12-3-6-15(11(8-12)2-1-7-19)16(20)18-9-13-4-5-14(10-18)21-13/h3,6,8,13-14,19H,4-5,7,9-10H2. The van der Waals surface area contributed by atoms with Gasteiger partial charge < -0.3 is 14.7 Å². The number of fused-ring (bicyclic) bond motifs is 2. The van der Waals surface area contributed by atoms with Crippen molar-refractivity contribution in [3.05, 3.63) is 35.1 Å². The molecule has 0 aliphatic carbocycles. The van der Waals surface area contributed by atoms with E-state index in [2.05, 4.69) is 11.8 Å². The summed E-state index contributed by atoms with van der Waals surface area (Å²) in [5.74, 6) is 4.50. The van der Waals surface area contributed by atoms with E-state index in [4.69, 9.17) is 9.84 Å². The largest absolute Gasteiger partial charge is 0.384 e. The van der Waals surface area contributed by atoms with Gasteiger partial charge in [-0.05, 0) is 31.0 Å². The number of hydrogen-bond acceptors (Lipinski definition) is 3. The van der Waals surface area contributed by atoms with E-state index in [0.717, 1.165) is 12.8 Å². The van der Waals surface area contributed by atoms with E-state index in [-0.39, 0.29) is 24.7 Å². The highest BCUT2D eigenvalue weighted by molar-refractivity contribution is 5.96. The molecule has 1 aromatic rings. The summed E-state index contributed by atoms with van der Waals surface area (Å²) < 4.78 is 19.1. The second kappa shape index (κ2) is 5.84. The lowest BCUT2D eigenvalue weighted by atomic mass is 10.1. The lowest BCUT2D eigenvalue weighted by Gasteiger charge is -2.32. The molecule has 0 aromatic heterocycles. The second-order valence-electron chi connectivity index (χ2n) is 5.32. The monoisotopic (exact) mass is 289 g/mol. The minimum absolute atomic E-state index is 0.111. The molecule has 2 atom stereocenters. The number of hydrogen-bond donors (Lipinski definition) is 1. The average molecular weight is 289 g/mol. The Kier molecular flexibility index (Phi) is 3.91. The summed E-state index contributed by atoms with van der Waals surface area (Å²) in [6.07, 6.45) is 2.18. The number of carbonyl (C=O) groups excluding carboxylic acids is 1. The predicted molar refractivity (Wildman–Crippen MR) is 74.2 cm³/mol. The van der Waals surface area contributed by atoms with Gasteiger partial charge in [-0.25, -0.2) is 4.39 Å². The summed E-state index contributed by atoms with van der Waals surface area (Å²) >= 11 is 0. The van der Waals surface area contributed by atoms with Crippen LogP contribution in [0.1, 0.15) is 28.8 Å². The zero-order chi connectivity index (χ0) is 14.8. The quantitative estimate of drug-likeness (QED) is 0.790. The van der Waals surface area contributed by atoms with E-state index in [1.807, 2.05) is 0 Å². The van der Waals surface area contributed by atoms with Crippen LogP contribution < -0.4 is 0 Å². The summed E-state index contributed by atoms with van der Waals surface area (Å²) in [5.41, 5.74) is 0.687. The average Bonchev–Trinajstić information content (AvgIpc) is 2.83. The molecule has 5 heteroatoms. The summed E-state index contributed by atoms with van der Waals surface area (Å²) in [7, 11) is 0. The summed E-state index contributed by atoms with van der Waals surface area (Å²) in [6.45, 7) is 0.811. The van der Waals surface area contributed by atoms with E-state index in [9.17, 15) is 9.18 Å². The van der Waals surface area contributed by atoms with Crippen LogP contribution >= 0.6 is 0 Å². The van der Waals surface area contributed by atoms with Crippen molar-refractivity contribution in [1.29, 1.82) is 0 Å². The van der Waals surface area contributed by atoms with Gasteiger partial charge in [-0.2, -0.15) is 0 Å². The number of benzene rings is 1. The minimum atomic E-state index is -0.448. The Hall–Kier alpha value is -1.90. The number of halogens is 1. The molecule has 2 unspecified atom stereocenters. The molecule has 2 heterocycles. The van der Waals surface area contributed by atoms with Gasteiger partial charge in [0.15, 0.2) is 0 Å². The number of rotatable bonds is 1. The Balaban J connectivity index is 1.87. The van der Waals surface area contributed by atoms with Gasteiger partial charge in [0.25, 0.3) is 5.91 Å². The van der Waals surface area contributed by atoms with Crippen molar-refractivity contribution in [3.8, 4) is 11.8 Å². The van der Waals surface area contributed by atoms with Crippen LogP contribution in [0.3, 0.4) is 0 Å². The molecule has 1 aromatic carbocycles. The highest BCUT2D eigenvalue weighted by atomic mass is 19.1. The maximum Gasteiger partial charge on any atom is 0.255 e. The molecule has 3 rings (SSSR count). The molecule has 4 nitrogen and oxygen atoms in total. The Labute approximate surface area is 122 Å². The fraction of sp³-hybridized carbons (Fsp3) is 0.438. The molecule has 0 radical (unpaired) electrons. The van der Waals surface area contributed by atoms with Crippen molar-refractivity contribution in [1.82, 2.24) is 4.90 Å². The first-order valence-electron chi connectivity index (χ1n) is 7.01. The zero-order valence-corrected chi connectivity index (χ0v) is 11.5. The Morgan fingerprint density at radius 3 is 2.76 bits per heavy atom. The predicted octanol–water partition coefficient (Wildman–Crippen LogP) is 1.17. The smallest absolute Gasteiger partial charge is 0.255 e. The molecule has 2 aliphatic heterocycles. The molecule has 2 bridgehead atoms. The number of nitrogens with zero attached hydrogens (tertiary/aromatic N) is 1. The lowest BCUT2D eigenvalue weighted by molar-refractivity contribution is -0.0303. The van der Waals surface area contributed by atoms with Crippen molar-refractivity contribution >= 4 is 5.91 Å². The van der Waals surface area contributed by atoms with E-state index in [1.54, 1.807) is 4.90 Å². The molecule has 110 valence electrons. The van der Waals surface area contributed by atoms with Crippen molar-refractivity contribution < 1.29 is 19.0 Å². The topological polar surface area (TPSA) is 49.8 Å². The first-order chi connectivity index (χ1) is 10.2. The van der Waals surface area contributed by atoms with Crippen molar-refractivity contribution in [3.63, 3.8) is 0 Å². The van der Waals surface area contributed by atoms with Gasteiger partial charge in [0, 0.05) is 18.7 Å². The van der Waals surface area contributed by atoms with Gasteiger partial charge >= 0.3 is 0 Å². The highest BCUT2D eigenvalue weighted by Crippen LogP contribution is 2.27. The SMILES string of the molecule is O=C(c1ccc(F)cc1C#CCO)N1CC2CCC(C1)O2. The van der Waals surface area contributed by atoms with Crippen LogP contribution in [-0.4, -0.2) is 47.8 Å². The molecule has 2 saturated heterocycles. The fourth-order valence-corrected chi connectivity index (χ4v) is 2.89. The first-order valence-corrected chi connectivity index (χ1v) is 7.01. The molecule has 0 saturated carbocycles. The van der Waals surface area contributed by atoms with Crippen LogP contribution in [-0.2, 0) is 4.74 Å². The number of morpholine rings is 1. The summed E-state index contributed by atoms with van der Waals surface area (Å²) in [4.78, 5) is 14.4. The maximum atomic E-state index is 13.3. The maximum absolute atomic E-state index is 13.3. The van der Waals surface area contributed by atoms with Gasteiger partial charge in [0.2, 0.25) is 0 Å². The number of likely N-dealkylation sites (tertiary alicyclic amines) is 1. The number of amides is 1. The van der Waals surface area contributed by atoms with Crippen LogP contribution in [0.4, 0.5) is 4.39 Å². The van der Waals surface area contributed by atoms with Gasteiger partial charge in [0.05, 0.1) is 17.8 Å². The van der Waals surface area contributed by atoms with Crippen LogP contribution in [0, 0.1) is 17.7 Å². The molecule has 1 N–H and O–H groups in total. The number of aliphatic hydroxyl groups excluding tert-OH is 1. The molecule has 2 aliphatic rings. The Bertz CT molecular complexity index is 608. The third kappa shape index (κ3) is 2.92. The molecular formula is C16H16FNO3. The summed E-state index contributed by atoms with van der Waals surface area (Å²) in [5, 5.41) is 8.77. The highest BCUT2D eigenvalue weighted by Gasteiger charge is 2.36. The van der Waals surface area contributed by atoms with Crippen LogP contribution in [0.25, 0.3) is 0 Å². The number of ether oxygens (including phenoxy) is 1. The Morgan fingerprint density at radius 1 is 1.38 bits per heavy atom. The molecule has 0 spiro atoms. The molecule has 1 amide bonds. The van der Waals surface area contributed by atoms with Crippen LogP contribution in [0.2, 0.25) is 0 Å². The fourth-order valence-electron chi connectivity index (χ4n) is 2.89. The number of aliphatic hydroxyl groups is 1. The zero-order valence-electron chi connectivity index (χ0n) is 11.5. The molecule has 21 heavy (non-hydrogen) atoms. The van der Waals surface area contributed by atoms with Crippen molar-refractivity contribution in [2.45, 2.75) is 25.0 Å². The normalized spacial score (nSPS) is 23.6. The molecular weight excluding hydrogens is 273 g/mol. The van der Waals surface area contributed by atoms with Gasteiger partial charge in [-0.15, -0.1) is 0 Å². The third-order valence-corrected chi connectivity index (χ3v) is 3.84. The van der Waals surface area contributed by atoms with Crippen molar-refractivity contribution in [2.75, 3.05) is 19.7 Å². The van der Waals surface area contributed by atoms with E-state index < -0.39 is 5.82 Å². The first kappa shape index (κ1) is 14.1. The van der Waals surface area contributed by atoms with E-state index >= 15 is 0 Å². The van der Waals surface area contributed by atoms with E-state index in [1.165, 1.54) is 18.2 Å². The van der Waals surface area contributed by atoms with Crippen LogP contribution in [0.5, 0.6) is 0 Å². The minimum Gasteiger partial charge on any atom is -0.384 e. The Morgan fingerprint density at radius 2 is 2.10 bits per heavy atom. The summed E-state index contributed by atoms with van der Waals surface area (Å²) in [6, 6.07) is 3.94. The van der Waals surface area contributed by atoms with Gasteiger partial charge in [0.1, 0.15) is 12.4 Å². The lowest BCUT2D eigenvalue weighted by Crippen LogP contribution is -2.46. The van der Waals surface area contributed by atoms with E-state index in [0.29, 0.717) is 24.2 Å².